The smallest absolute Gasteiger partial charge is 0.117 e. The van der Waals surface area contributed by atoms with E-state index in [4.69, 9.17) is 0 Å². The summed E-state index contributed by atoms with van der Waals surface area (Å²) in [7, 11) is 0. The van der Waals surface area contributed by atoms with Crippen LogP contribution in [0.3, 0.4) is 0 Å². The van der Waals surface area contributed by atoms with Gasteiger partial charge in [-0.25, -0.2) is 9.50 Å². The number of fused-ring (bicyclic) bond motifs is 1. The Morgan fingerprint density at radius 2 is 2.11 bits per heavy atom. The molecule has 0 saturated carbocycles. The largest absolute Gasteiger partial charge is 0.245 e. The van der Waals surface area contributed by atoms with Crippen LogP contribution in [0, 0.1) is 0 Å². The van der Waals surface area contributed by atoms with E-state index < -0.39 is 0 Å². The van der Waals surface area contributed by atoms with Crippen molar-refractivity contribution in [2.45, 2.75) is 0 Å². The Balaban J connectivity index is 2.95. The van der Waals surface area contributed by atoms with Crippen LogP contribution in [0.2, 0.25) is 0 Å². The SMILES string of the molecule is c1cc2ccnn2cn1. The third kappa shape index (κ3) is 0.579. The third-order valence-electron chi connectivity index (χ3n) is 1.21. The van der Waals surface area contributed by atoms with Gasteiger partial charge in [-0.3, -0.25) is 0 Å². The molecule has 0 radical (unpaired) electrons. The van der Waals surface area contributed by atoms with Crippen LogP contribution in [0.1, 0.15) is 0 Å². The molecule has 0 aromatic carbocycles. The van der Waals surface area contributed by atoms with Gasteiger partial charge in [-0.2, -0.15) is 5.10 Å². The van der Waals surface area contributed by atoms with E-state index >= 15 is 0 Å². The molecule has 0 bridgehead atoms. The summed E-state index contributed by atoms with van der Waals surface area (Å²) in [5, 5.41) is 3.97. The lowest BCUT2D eigenvalue weighted by molar-refractivity contribution is 0.921. The van der Waals surface area contributed by atoms with Gasteiger partial charge in [0.05, 0.1) is 11.7 Å². The highest BCUT2D eigenvalue weighted by Crippen LogP contribution is 1.95. The second-order valence-electron chi connectivity index (χ2n) is 1.78. The molecule has 3 heteroatoms. The van der Waals surface area contributed by atoms with Gasteiger partial charge in [-0.05, 0) is 12.1 Å². The van der Waals surface area contributed by atoms with Crippen molar-refractivity contribution in [3.63, 3.8) is 0 Å². The molecular formula is C6H5N3. The highest BCUT2D eigenvalue weighted by atomic mass is 15.2. The van der Waals surface area contributed by atoms with Gasteiger partial charge in [-0.1, -0.05) is 0 Å². The van der Waals surface area contributed by atoms with E-state index in [0.717, 1.165) is 5.52 Å². The summed E-state index contributed by atoms with van der Waals surface area (Å²) in [6.45, 7) is 0. The molecule has 2 aromatic rings. The molecule has 3 nitrogen and oxygen atoms in total. The predicted octanol–water partition coefficient (Wildman–Crippen LogP) is 0.729. The topological polar surface area (TPSA) is 30.2 Å². The van der Waals surface area contributed by atoms with Crippen LogP contribution in [0.15, 0.2) is 30.9 Å². The maximum absolute atomic E-state index is 3.97. The quantitative estimate of drug-likeness (QED) is 0.511. The van der Waals surface area contributed by atoms with Gasteiger partial charge >= 0.3 is 0 Å². The first-order valence-corrected chi connectivity index (χ1v) is 2.70. The summed E-state index contributed by atoms with van der Waals surface area (Å²) in [6, 6.07) is 3.84. The Morgan fingerprint density at radius 3 is 3.00 bits per heavy atom. The molecule has 2 rings (SSSR count). The number of hydrogen-bond acceptors (Lipinski definition) is 2. The Labute approximate surface area is 52.0 Å². The average molecular weight is 119 g/mol. The zero-order chi connectivity index (χ0) is 6.10. The fourth-order valence-corrected chi connectivity index (χ4v) is 0.774. The monoisotopic (exact) mass is 119 g/mol. The molecule has 0 aliphatic carbocycles. The minimum absolute atomic E-state index is 1.07. The summed E-state index contributed by atoms with van der Waals surface area (Å²) in [5.41, 5.74) is 1.07. The van der Waals surface area contributed by atoms with Gasteiger partial charge in [-0.15, -0.1) is 0 Å². The van der Waals surface area contributed by atoms with E-state index in [1.54, 1.807) is 23.2 Å². The molecule has 0 spiro atoms. The van der Waals surface area contributed by atoms with Crippen LogP contribution in [0.4, 0.5) is 0 Å². The summed E-state index contributed by atoms with van der Waals surface area (Å²) < 4.78 is 1.72. The van der Waals surface area contributed by atoms with Crippen molar-refractivity contribution in [2.24, 2.45) is 0 Å². The maximum Gasteiger partial charge on any atom is 0.117 e. The molecule has 0 aliphatic rings. The van der Waals surface area contributed by atoms with Gasteiger partial charge in [0.15, 0.2) is 0 Å². The molecular weight excluding hydrogens is 114 g/mol. The first kappa shape index (κ1) is 4.49. The zero-order valence-corrected chi connectivity index (χ0v) is 4.73. The van der Waals surface area contributed by atoms with E-state index in [9.17, 15) is 0 Å². The Morgan fingerprint density at radius 1 is 1.22 bits per heavy atom. The van der Waals surface area contributed by atoms with Crippen molar-refractivity contribution in [1.29, 1.82) is 0 Å². The zero-order valence-electron chi connectivity index (χ0n) is 4.73. The Hall–Kier alpha value is -1.38. The second-order valence-corrected chi connectivity index (χ2v) is 1.78. The highest BCUT2D eigenvalue weighted by molar-refractivity contribution is 5.42. The summed E-state index contributed by atoms with van der Waals surface area (Å²) >= 11 is 0. The van der Waals surface area contributed by atoms with Gasteiger partial charge < -0.3 is 0 Å². The highest BCUT2D eigenvalue weighted by Gasteiger charge is 1.86. The summed E-state index contributed by atoms with van der Waals surface area (Å²) in [4.78, 5) is 3.89. The van der Waals surface area contributed by atoms with Crippen molar-refractivity contribution in [3.8, 4) is 0 Å². The Bertz CT molecular complexity index is 282. The number of rotatable bonds is 0. The van der Waals surface area contributed by atoms with Crippen LogP contribution in [0.5, 0.6) is 0 Å². The molecule has 0 atom stereocenters. The van der Waals surface area contributed by atoms with Gasteiger partial charge in [0, 0.05) is 6.20 Å². The van der Waals surface area contributed by atoms with Gasteiger partial charge in [0.25, 0.3) is 0 Å². The van der Waals surface area contributed by atoms with Gasteiger partial charge in [0.1, 0.15) is 6.33 Å². The molecule has 0 amide bonds. The minimum Gasteiger partial charge on any atom is -0.245 e. The summed E-state index contributed by atoms with van der Waals surface area (Å²) in [6.07, 6.45) is 5.17. The van der Waals surface area contributed by atoms with Gasteiger partial charge in [0.2, 0.25) is 0 Å². The van der Waals surface area contributed by atoms with E-state index in [0.29, 0.717) is 0 Å². The third-order valence-corrected chi connectivity index (χ3v) is 1.21. The van der Waals surface area contributed by atoms with Crippen molar-refractivity contribution >= 4 is 5.52 Å². The average Bonchev–Trinajstić information content (AvgIpc) is 2.33. The van der Waals surface area contributed by atoms with Crippen LogP contribution in [-0.4, -0.2) is 14.6 Å². The van der Waals surface area contributed by atoms with Crippen LogP contribution in [0.25, 0.3) is 5.52 Å². The van der Waals surface area contributed by atoms with Crippen LogP contribution >= 0.6 is 0 Å². The molecule has 0 N–H and O–H groups in total. The minimum atomic E-state index is 1.07. The van der Waals surface area contributed by atoms with E-state index in [1.165, 1.54) is 0 Å². The van der Waals surface area contributed by atoms with Crippen LogP contribution in [-0.2, 0) is 0 Å². The van der Waals surface area contributed by atoms with E-state index in [1.807, 2.05) is 12.1 Å². The van der Waals surface area contributed by atoms with Crippen molar-refractivity contribution in [1.82, 2.24) is 14.6 Å². The summed E-state index contributed by atoms with van der Waals surface area (Å²) in [5.74, 6) is 0. The van der Waals surface area contributed by atoms with Crippen molar-refractivity contribution < 1.29 is 0 Å². The lowest BCUT2D eigenvalue weighted by Gasteiger charge is -1.85. The van der Waals surface area contributed by atoms with Crippen LogP contribution < -0.4 is 0 Å². The normalized spacial score (nSPS) is 10.2. The molecule has 0 aliphatic heterocycles. The maximum atomic E-state index is 3.97. The standard InChI is InChI=1S/C6H5N3/c1-3-7-5-9-6(1)2-4-8-9/h1-5H. The molecule has 9 heavy (non-hydrogen) atoms. The van der Waals surface area contributed by atoms with Crippen molar-refractivity contribution in [2.75, 3.05) is 0 Å². The van der Waals surface area contributed by atoms with E-state index in [-0.39, 0.29) is 0 Å². The molecule has 2 aromatic heterocycles. The molecule has 0 fully saturated rings. The van der Waals surface area contributed by atoms with Crippen molar-refractivity contribution in [3.05, 3.63) is 30.9 Å². The molecule has 0 saturated heterocycles. The lowest BCUT2D eigenvalue weighted by atomic mass is 10.5. The molecule has 2 heterocycles. The fourth-order valence-electron chi connectivity index (χ4n) is 0.774. The van der Waals surface area contributed by atoms with E-state index in [2.05, 4.69) is 10.1 Å². The number of aromatic nitrogens is 3. The molecule has 0 unspecified atom stereocenters. The first-order valence-electron chi connectivity index (χ1n) is 2.70. The lowest BCUT2D eigenvalue weighted by Crippen LogP contribution is -1.85. The number of hydrogen-bond donors (Lipinski definition) is 0. The fraction of sp³-hybridized carbons (Fsp3) is 0. The first-order chi connectivity index (χ1) is 4.47. The number of nitrogens with zero attached hydrogens (tertiary/aromatic N) is 3. The Kier molecular flexibility index (Phi) is 0.773. The second kappa shape index (κ2) is 1.55. The molecule has 44 valence electrons. The predicted molar refractivity (Wildman–Crippen MR) is 33.0 cm³/mol.